The van der Waals surface area contributed by atoms with Crippen molar-refractivity contribution in [3.05, 3.63) is 47.5 Å². The molecule has 6 heteroatoms. The highest BCUT2D eigenvalue weighted by molar-refractivity contribution is 6.01. The van der Waals surface area contributed by atoms with Gasteiger partial charge in [-0.25, -0.2) is 9.37 Å². The van der Waals surface area contributed by atoms with E-state index < -0.39 is 11.7 Å². The van der Waals surface area contributed by atoms with Crippen molar-refractivity contribution in [2.24, 2.45) is 10.7 Å². The summed E-state index contributed by atoms with van der Waals surface area (Å²) in [6, 6.07) is 7.88. The number of primary amides is 1. The highest BCUT2D eigenvalue weighted by Gasteiger charge is 2.24. The first-order valence-electron chi connectivity index (χ1n) is 9.78. The molecule has 142 valence electrons. The molecular formula is C22H21FN4O. The summed E-state index contributed by atoms with van der Waals surface area (Å²) >= 11 is 0. The minimum Gasteiger partial charge on any atom is -0.365 e. The van der Waals surface area contributed by atoms with Gasteiger partial charge in [0.2, 0.25) is 0 Å². The molecule has 1 aromatic heterocycles. The molecule has 1 aliphatic heterocycles. The third-order valence-electron chi connectivity index (χ3n) is 5.97. The molecule has 0 unspecified atom stereocenters. The van der Waals surface area contributed by atoms with E-state index in [1.165, 1.54) is 38.2 Å². The van der Waals surface area contributed by atoms with Crippen molar-refractivity contribution < 1.29 is 9.18 Å². The van der Waals surface area contributed by atoms with Gasteiger partial charge < -0.3 is 10.3 Å². The van der Waals surface area contributed by atoms with Crippen LogP contribution in [-0.4, -0.2) is 21.7 Å². The van der Waals surface area contributed by atoms with Gasteiger partial charge in [-0.05, 0) is 42.2 Å². The fourth-order valence-corrected chi connectivity index (χ4v) is 4.60. The zero-order valence-electron chi connectivity index (χ0n) is 15.5. The predicted octanol–water partition coefficient (Wildman–Crippen LogP) is 4.70. The smallest absolute Gasteiger partial charge is 0.252 e. The predicted molar refractivity (Wildman–Crippen MR) is 108 cm³/mol. The van der Waals surface area contributed by atoms with Gasteiger partial charge in [-0.1, -0.05) is 25.3 Å². The topological polar surface area (TPSA) is 73.3 Å². The number of hydrogen-bond acceptors (Lipinski definition) is 3. The molecule has 0 radical (unpaired) electrons. The first-order chi connectivity index (χ1) is 13.6. The van der Waals surface area contributed by atoms with Crippen LogP contribution in [0.4, 0.5) is 10.1 Å². The highest BCUT2D eigenvalue weighted by Crippen LogP contribution is 2.40. The molecule has 0 spiro atoms. The summed E-state index contributed by atoms with van der Waals surface area (Å²) < 4.78 is 16.9. The van der Waals surface area contributed by atoms with Gasteiger partial charge in [0.1, 0.15) is 5.82 Å². The van der Waals surface area contributed by atoms with Crippen molar-refractivity contribution in [2.75, 3.05) is 0 Å². The molecule has 5 rings (SSSR count). The third kappa shape index (κ3) is 2.63. The molecule has 1 saturated carbocycles. The summed E-state index contributed by atoms with van der Waals surface area (Å²) in [6.45, 7) is 0. The lowest BCUT2D eigenvalue weighted by Crippen LogP contribution is -2.16. The van der Waals surface area contributed by atoms with Crippen molar-refractivity contribution in [2.45, 2.75) is 44.6 Å². The van der Waals surface area contributed by atoms with Gasteiger partial charge >= 0.3 is 0 Å². The first-order valence-corrected chi connectivity index (χ1v) is 9.78. The normalized spacial score (nSPS) is 16.6. The number of hydrogen-bond donors (Lipinski definition) is 1. The Hall–Kier alpha value is -3.02. The maximum absolute atomic E-state index is 14.6. The zero-order valence-corrected chi connectivity index (χ0v) is 15.5. The van der Waals surface area contributed by atoms with Crippen LogP contribution in [-0.2, 0) is 6.42 Å². The molecule has 1 amide bonds. The number of aliphatic imine (C=N–C) groups is 1. The van der Waals surface area contributed by atoms with Crippen LogP contribution >= 0.6 is 0 Å². The van der Waals surface area contributed by atoms with Crippen LogP contribution in [0.1, 0.15) is 54.1 Å². The number of benzene rings is 2. The molecule has 0 atom stereocenters. The number of aromatic nitrogens is 2. The molecule has 2 aromatic carbocycles. The van der Waals surface area contributed by atoms with E-state index in [4.69, 9.17) is 5.73 Å². The molecule has 2 aliphatic rings. The fraction of sp³-hybridized carbons (Fsp3) is 0.318. The third-order valence-corrected chi connectivity index (χ3v) is 5.97. The molecule has 2 N–H and O–H groups in total. The Balaban J connectivity index is 1.61. The Kier molecular flexibility index (Phi) is 4.00. The summed E-state index contributed by atoms with van der Waals surface area (Å²) in [5, 5.41) is 0. The Morgan fingerprint density at radius 2 is 2.00 bits per heavy atom. The Morgan fingerprint density at radius 3 is 2.79 bits per heavy atom. The Labute approximate surface area is 162 Å². The number of nitrogens with zero attached hydrogens (tertiary/aromatic N) is 3. The summed E-state index contributed by atoms with van der Waals surface area (Å²) in [5.41, 5.74) is 10.0. The SMILES string of the molecule is NC(=O)c1c(F)cc(-c2ccc3c(c2)ncn3C2CCCCC2)c2c1CC=N2. The number of rotatable bonds is 3. The van der Waals surface area contributed by atoms with Crippen LogP contribution in [0.5, 0.6) is 0 Å². The molecular weight excluding hydrogens is 355 g/mol. The molecule has 1 fully saturated rings. The summed E-state index contributed by atoms with van der Waals surface area (Å²) in [6.07, 6.45) is 10.2. The van der Waals surface area contributed by atoms with Crippen LogP contribution in [0.2, 0.25) is 0 Å². The lowest BCUT2D eigenvalue weighted by Gasteiger charge is -2.23. The number of imidazole rings is 1. The standard InChI is InChI=1S/C22H21FN4O/c23-17-11-16(21-15(8-9-25-21)20(17)22(24)28)13-6-7-19-18(10-13)26-12-27(19)14-4-2-1-3-5-14/h6-7,9-12,14H,1-5,8H2,(H2,24,28). The Bertz CT molecular complexity index is 1130. The molecule has 3 aromatic rings. The van der Waals surface area contributed by atoms with Crippen LogP contribution in [0, 0.1) is 5.82 Å². The second-order valence-electron chi connectivity index (χ2n) is 7.64. The molecule has 2 heterocycles. The summed E-state index contributed by atoms with van der Waals surface area (Å²) in [4.78, 5) is 20.7. The molecule has 5 nitrogen and oxygen atoms in total. The van der Waals surface area contributed by atoms with Crippen molar-refractivity contribution in [3.63, 3.8) is 0 Å². The van der Waals surface area contributed by atoms with Crippen molar-refractivity contribution >= 4 is 28.8 Å². The van der Waals surface area contributed by atoms with Gasteiger partial charge in [-0.2, -0.15) is 0 Å². The minimum absolute atomic E-state index is 0.0566. The van der Waals surface area contributed by atoms with Gasteiger partial charge in [-0.15, -0.1) is 0 Å². The largest absolute Gasteiger partial charge is 0.365 e. The maximum Gasteiger partial charge on any atom is 0.252 e. The number of nitrogens with two attached hydrogens (primary N) is 1. The number of fused-ring (bicyclic) bond motifs is 2. The minimum atomic E-state index is -0.757. The summed E-state index contributed by atoms with van der Waals surface area (Å²) in [7, 11) is 0. The van der Waals surface area contributed by atoms with Gasteiger partial charge in [0.15, 0.2) is 0 Å². The lowest BCUT2D eigenvalue weighted by molar-refractivity contribution is 0.0996. The number of halogens is 1. The Morgan fingerprint density at radius 1 is 1.18 bits per heavy atom. The van der Waals surface area contributed by atoms with Gasteiger partial charge in [0, 0.05) is 24.2 Å². The van der Waals surface area contributed by atoms with E-state index in [1.54, 1.807) is 6.21 Å². The highest BCUT2D eigenvalue weighted by atomic mass is 19.1. The van der Waals surface area contributed by atoms with Crippen molar-refractivity contribution in [1.29, 1.82) is 0 Å². The lowest BCUT2D eigenvalue weighted by atomic mass is 9.94. The van der Waals surface area contributed by atoms with Crippen LogP contribution in [0.15, 0.2) is 35.6 Å². The maximum atomic E-state index is 14.6. The fourth-order valence-electron chi connectivity index (χ4n) is 4.60. The van der Waals surface area contributed by atoms with E-state index in [0.717, 1.165) is 16.6 Å². The van der Waals surface area contributed by atoms with E-state index in [-0.39, 0.29) is 5.56 Å². The molecule has 0 saturated heterocycles. The van der Waals surface area contributed by atoms with Gasteiger partial charge in [0.05, 0.1) is 28.6 Å². The van der Waals surface area contributed by atoms with E-state index in [9.17, 15) is 9.18 Å². The second-order valence-corrected chi connectivity index (χ2v) is 7.64. The average Bonchev–Trinajstić information content (AvgIpc) is 3.34. The molecule has 0 bridgehead atoms. The van der Waals surface area contributed by atoms with Crippen LogP contribution < -0.4 is 5.73 Å². The quantitative estimate of drug-likeness (QED) is 0.719. The van der Waals surface area contributed by atoms with E-state index in [0.29, 0.717) is 29.3 Å². The van der Waals surface area contributed by atoms with Crippen LogP contribution in [0.3, 0.4) is 0 Å². The number of carbonyl (C=O) groups excluding carboxylic acids is 1. The zero-order chi connectivity index (χ0) is 19.3. The van der Waals surface area contributed by atoms with Gasteiger partial charge in [0.25, 0.3) is 5.91 Å². The summed E-state index contributed by atoms with van der Waals surface area (Å²) in [5.74, 6) is -1.35. The molecule has 1 aliphatic carbocycles. The van der Waals surface area contributed by atoms with Gasteiger partial charge in [-0.3, -0.25) is 9.79 Å². The van der Waals surface area contributed by atoms with Crippen molar-refractivity contribution in [3.8, 4) is 11.1 Å². The molecule has 28 heavy (non-hydrogen) atoms. The second kappa shape index (κ2) is 6.55. The average molecular weight is 376 g/mol. The monoisotopic (exact) mass is 376 g/mol. The number of carbonyl (C=O) groups is 1. The van der Waals surface area contributed by atoms with Crippen molar-refractivity contribution in [1.82, 2.24) is 9.55 Å². The van der Waals surface area contributed by atoms with Crippen LogP contribution in [0.25, 0.3) is 22.2 Å². The van der Waals surface area contributed by atoms with E-state index >= 15 is 0 Å². The van der Waals surface area contributed by atoms with E-state index in [2.05, 4.69) is 20.6 Å². The number of amides is 1. The van der Waals surface area contributed by atoms with E-state index in [1.807, 2.05) is 18.5 Å². The first kappa shape index (κ1) is 17.1.